The van der Waals surface area contributed by atoms with E-state index in [0.29, 0.717) is 32.8 Å². The largest absolute Gasteiger partial charge is 0.489 e. The van der Waals surface area contributed by atoms with Gasteiger partial charge in [0.05, 0.1) is 0 Å². The number of amides is 1. The molecule has 0 saturated carbocycles. The van der Waals surface area contributed by atoms with Gasteiger partial charge in [0.2, 0.25) is 0 Å². The average Bonchev–Trinajstić information content (AvgIpc) is 2.92. The lowest BCUT2D eigenvalue weighted by molar-refractivity contribution is -0.112. The molecule has 4 rings (SSSR count). The van der Waals surface area contributed by atoms with Gasteiger partial charge in [0, 0.05) is 31.3 Å². The van der Waals surface area contributed by atoms with Crippen LogP contribution in [-0.2, 0) is 18.0 Å². The van der Waals surface area contributed by atoms with Gasteiger partial charge in [-0.3, -0.25) is 4.79 Å². The lowest BCUT2D eigenvalue weighted by atomic mass is 10.1. The monoisotopic (exact) mass is 624 g/mol. The Balaban J connectivity index is 1.42. The number of nitriles is 1. The van der Waals surface area contributed by atoms with Gasteiger partial charge in [-0.1, -0.05) is 57.3 Å². The molecule has 0 aliphatic carbocycles. The van der Waals surface area contributed by atoms with Gasteiger partial charge in [-0.05, 0) is 78.4 Å². The molecule has 0 atom stereocenters. The molecule has 0 aliphatic heterocycles. The first-order valence-electron chi connectivity index (χ1n) is 11.6. The summed E-state index contributed by atoms with van der Waals surface area (Å²) in [6.45, 7) is 0.441. The number of ether oxygens (including phenoxy) is 2. The molecule has 4 aromatic rings. The summed E-state index contributed by atoms with van der Waals surface area (Å²) in [5, 5.41) is 13.5. The van der Waals surface area contributed by atoms with Gasteiger partial charge in [0.15, 0.2) is 0 Å². The van der Waals surface area contributed by atoms with Crippen LogP contribution in [0.15, 0.2) is 95.0 Å². The maximum absolute atomic E-state index is 13.2. The van der Waals surface area contributed by atoms with Crippen LogP contribution in [0.3, 0.4) is 0 Å². The van der Waals surface area contributed by atoms with Gasteiger partial charge in [0.1, 0.15) is 42.2 Å². The maximum atomic E-state index is 13.2. The summed E-state index contributed by atoms with van der Waals surface area (Å²) in [7, 11) is 0. The van der Waals surface area contributed by atoms with Crippen molar-refractivity contribution in [2.75, 3.05) is 5.32 Å². The number of rotatable bonds is 9. The van der Waals surface area contributed by atoms with Crippen LogP contribution < -0.4 is 14.8 Å². The number of nitrogens with zero attached hydrogens (tertiary/aromatic N) is 1. The van der Waals surface area contributed by atoms with Crippen LogP contribution in [0.5, 0.6) is 11.5 Å². The summed E-state index contributed by atoms with van der Waals surface area (Å²) >= 11 is 15.5. The summed E-state index contributed by atoms with van der Waals surface area (Å²) in [5.41, 5.74) is 2.47. The standard InChI is InChI=1S/C30H20BrCl2FN2O3/c31-23-4-12-29(39-17-19-1-6-25(34)7-2-19)21(14-23)13-22(16-35)30(37)36-26-8-10-27(11-9-26)38-18-20-3-5-24(32)15-28(20)33/h1-15H,17-18H2,(H,36,37)/b22-13+. The fourth-order valence-corrected chi connectivity index (χ4v) is 4.28. The zero-order valence-electron chi connectivity index (χ0n) is 20.3. The second kappa shape index (κ2) is 13.3. The van der Waals surface area contributed by atoms with E-state index in [2.05, 4.69) is 21.2 Å². The van der Waals surface area contributed by atoms with Crippen molar-refractivity contribution in [3.63, 3.8) is 0 Å². The molecule has 39 heavy (non-hydrogen) atoms. The van der Waals surface area contributed by atoms with E-state index in [-0.39, 0.29) is 24.6 Å². The van der Waals surface area contributed by atoms with Crippen LogP contribution in [0, 0.1) is 17.1 Å². The second-order valence-electron chi connectivity index (χ2n) is 8.27. The molecule has 5 nitrogen and oxygen atoms in total. The van der Waals surface area contributed by atoms with Crippen LogP contribution in [0.1, 0.15) is 16.7 Å². The second-order valence-corrected chi connectivity index (χ2v) is 10.0. The Hall–Kier alpha value is -3.83. The molecule has 0 radical (unpaired) electrons. The molecule has 0 saturated heterocycles. The van der Waals surface area contributed by atoms with Crippen molar-refractivity contribution in [2.24, 2.45) is 0 Å². The highest BCUT2D eigenvalue weighted by molar-refractivity contribution is 9.10. The van der Waals surface area contributed by atoms with E-state index >= 15 is 0 Å². The number of hydrogen-bond acceptors (Lipinski definition) is 4. The maximum Gasteiger partial charge on any atom is 0.266 e. The minimum atomic E-state index is -0.580. The first kappa shape index (κ1) is 28.2. The Morgan fingerprint density at radius 3 is 2.38 bits per heavy atom. The van der Waals surface area contributed by atoms with Crippen LogP contribution in [0.25, 0.3) is 6.08 Å². The summed E-state index contributed by atoms with van der Waals surface area (Å²) in [5.74, 6) is 0.127. The van der Waals surface area contributed by atoms with Gasteiger partial charge >= 0.3 is 0 Å². The number of carbonyl (C=O) groups is 1. The molecule has 0 bridgehead atoms. The van der Waals surface area contributed by atoms with E-state index in [1.807, 2.05) is 6.07 Å². The predicted octanol–water partition coefficient (Wildman–Crippen LogP) is 8.60. The van der Waals surface area contributed by atoms with Crippen molar-refractivity contribution in [3.8, 4) is 17.6 Å². The Kier molecular flexibility index (Phi) is 9.61. The van der Waals surface area contributed by atoms with E-state index in [1.54, 1.807) is 72.8 Å². The SMILES string of the molecule is N#C/C(=C\c1cc(Br)ccc1OCc1ccc(F)cc1)C(=O)Nc1ccc(OCc2ccc(Cl)cc2Cl)cc1. The summed E-state index contributed by atoms with van der Waals surface area (Å²) in [6.07, 6.45) is 1.45. The molecule has 1 N–H and O–H groups in total. The fraction of sp³-hybridized carbons (Fsp3) is 0.0667. The van der Waals surface area contributed by atoms with Crippen LogP contribution in [0.2, 0.25) is 10.0 Å². The molecular weight excluding hydrogens is 606 g/mol. The molecule has 0 aromatic heterocycles. The fourth-order valence-electron chi connectivity index (χ4n) is 3.44. The Bertz CT molecular complexity index is 1550. The zero-order chi connectivity index (χ0) is 27.8. The quantitative estimate of drug-likeness (QED) is 0.149. The van der Waals surface area contributed by atoms with Crippen molar-refractivity contribution in [1.29, 1.82) is 5.26 Å². The molecule has 4 aromatic carbocycles. The third-order valence-corrected chi connectivity index (χ3v) is 6.55. The summed E-state index contributed by atoms with van der Waals surface area (Å²) in [4.78, 5) is 12.9. The van der Waals surface area contributed by atoms with Crippen molar-refractivity contribution in [1.82, 2.24) is 0 Å². The average molecular weight is 626 g/mol. The smallest absolute Gasteiger partial charge is 0.266 e. The van der Waals surface area contributed by atoms with Gasteiger partial charge in [-0.25, -0.2) is 4.39 Å². The third kappa shape index (κ3) is 8.08. The number of anilines is 1. The highest BCUT2D eigenvalue weighted by Gasteiger charge is 2.13. The Morgan fingerprint density at radius 1 is 0.949 bits per heavy atom. The van der Waals surface area contributed by atoms with Gasteiger partial charge in [0.25, 0.3) is 5.91 Å². The molecule has 0 heterocycles. The van der Waals surface area contributed by atoms with E-state index < -0.39 is 5.91 Å². The molecule has 1 amide bonds. The topological polar surface area (TPSA) is 71.3 Å². The molecule has 9 heteroatoms. The molecule has 0 spiro atoms. The van der Waals surface area contributed by atoms with Gasteiger partial charge in [-0.2, -0.15) is 5.26 Å². The van der Waals surface area contributed by atoms with Crippen LogP contribution in [0.4, 0.5) is 10.1 Å². The van der Waals surface area contributed by atoms with E-state index in [9.17, 15) is 14.4 Å². The lowest BCUT2D eigenvalue weighted by Gasteiger charge is -2.11. The number of hydrogen-bond donors (Lipinski definition) is 1. The highest BCUT2D eigenvalue weighted by atomic mass is 79.9. The van der Waals surface area contributed by atoms with Crippen LogP contribution in [-0.4, -0.2) is 5.91 Å². The van der Waals surface area contributed by atoms with Crippen molar-refractivity contribution < 1.29 is 18.7 Å². The highest BCUT2D eigenvalue weighted by Crippen LogP contribution is 2.27. The molecule has 0 unspecified atom stereocenters. The Labute approximate surface area is 243 Å². The van der Waals surface area contributed by atoms with Crippen molar-refractivity contribution in [3.05, 3.63) is 128 Å². The minimum Gasteiger partial charge on any atom is -0.489 e. The van der Waals surface area contributed by atoms with Gasteiger partial charge in [-0.15, -0.1) is 0 Å². The molecule has 0 aliphatic rings. The number of carbonyl (C=O) groups excluding carboxylic acids is 1. The van der Waals surface area contributed by atoms with Crippen molar-refractivity contribution in [2.45, 2.75) is 13.2 Å². The molecular formula is C30H20BrCl2FN2O3. The zero-order valence-corrected chi connectivity index (χ0v) is 23.4. The van der Waals surface area contributed by atoms with E-state index in [0.717, 1.165) is 15.6 Å². The Morgan fingerprint density at radius 2 is 1.69 bits per heavy atom. The van der Waals surface area contributed by atoms with Crippen molar-refractivity contribution >= 4 is 56.8 Å². The van der Waals surface area contributed by atoms with E-state index in [1.165, 1.54) is 18.2 Å². The first-order valence-corrected chi connectivity index (χ1v) is 13.1. The van der Waals surface area contributed by atoms with Crippen LogP contribution >= 0.6 is 39.1 Å². The summed E-state index contributed by atoms with van der Waals surface area (Å²) in [6, 6.07) is 25.1. The van der Waals surface area contributed by atoms with E-state index in [4.69, 9.17) is 32.7 Å². The first-order chi connectivity index (χ1) is 18.8. The normalized spacial score (nSPS) is 11.0. The van der Waals surface area contributed by atoms with Gasteiger partial charge < -0.3 is 14.8 Å². The lowest BCUT2D eigenvalue weighted by Crippen LogP contribution is -2.13. The molecule has 0 fully saturated rings. The number of benzene rings is 4. The number of nitrogens with one attached hydrogen (secondary N) is 1. The number of halogens is 4. The third-order valence-electron chi connectivity index (χ3n) is 5.47. The summed E-state index contributed by atoms with van der Waals surface area (Å²) < 4.78 is 25.6. The minimum absolute atomic E-state index is 0.113. The predicted molar refractivity (Wildman–Crippen MR) is 154 cm³/mol. The molecule has 196 valence electrons.